The monoisotopic (exact) mass is 379 g/mol. The molecule has 0 unspecified atom stereocenters. The molecule has 0 aliphatic carbocycles. The van der Waals surface area contributed by atoms with E-state index in [9.17, 15) is 9.59 Å². The van der Waals surface area contributed by atoms with Crippen molar-refractivity contribution in [1.82, 2.24) is 0 Å². The Bertz CT molecular complexity index is 756. The lowest BCUT2D eigenvalue weighted by Gasteiger charge is -2.22. The lowest BCUT2D eigenvalue weighted by molar-refractivity contribution is -0.120. The Morgan fingerprint density at radius 2 is 1.48 bits per heavy atom. The predicted octanol–water partition coefficient (Wildman–Crippen LogP) is 4.05. The fourth-order valence-electron chi connectivity index (χ4n) is 2.25. The number of rotatable bonds is 5. The van der Waals surface area contributed by atoms with Crippen LogP contribution in [0.2, 0.25) is 10.0 Å². The second-order valence-electron chi connectivity index (χ2n) is 5.66. The highest BCUT2D eigenvalue weighted by molar-refractivity contribution is 6.39. The second kappa shape index (κ2) is 8.23. The van der Waals surface area contributed by atoms with Gasteiger partial charge in [-0.1, -0.05) is 29.3 Å². The molecule has 0 spiro atoms. The van der Waals surface area contributed by atoms with Gasteiger partial charge in [-0.05, 0) is 36.4 Å². The Balaban J connectivity index is 2.16. The molecular formula is C18H19Cl2N3O2. The van der Waals surface area contributed by atoms with Crippen LogP contribution in [-0.2, 0) is 9.59 Å². The van der Waals surface area contributed by atoms with Gasteiger partial charge >= 0.3 is 0 Å². The lowest BCUT2D eigenvalue weighted by atomic mass is 10.2. The van der Waals surface area contributed by atoms with E-state index in [1.54, 1.807) is 30.3 Å². The Labute approximate surface area is 157 Å². The zero-order chi connectivity index (χ0) is 18.6. The molecule has 2 amide bonds. The van der Waals surface area contributed by atoms with E-state index in [4.69, 9.17) is 23.2 Å². The maximum absolute atomic E-state index is 12.3. The van der Waals surface area contributed by atoms with E-state index < -0.39 is 0 Å². The number of nitrogens with one attached hydrogen (secondary N) is 1. The molecule has 0 aromatic heterocycles. The summed E-state index contributed by atoms with van der Waals surface area (Å²) in [5.41, 5.74) is 1.97. The molecule has 0 atom stereocenters. The van der Waals surface area contributed by atoms with E-state index >= 15 is 0 Å². The summed E-state index contributed by atoms with van der Waals surface area (Å²) in [7, 11) is 3.86. The minimum Gasteiger partial charge on any atom is -0.378 e. The van der Waals surface area contributed by atoms with Crippen LogP contribution >= 0.6 is 23.2 Å². The number of hydrogen-bond donors (Lipinski definition) is 1. The van der Waals surface area contributed by atoms with E-state index in [0.29, 0.717) is 21.4 Å². The first-order chi connectivity index (χ1) is 11.8. The summed E-state index contributed by atoms with van der Waals surface area (Å²) in [5.74, 6) is -0.625. The number of nitrogens with zero attached hydrogens (tertiary/aromatic N) is 2. The molecule has 0 saturated carbocycles. The SMILES string of the molecule is CC(=O)N(CC(=O)Nc1c(Cl)cccc1Cl)c1ccc(N(C)C)cc1. The van der Waals surface area contributed by atoms with Crippen molar-refractivity contribution in [3.8, 4) is 0 Å². The van der Waals surface area contributed by atoms with Gasteiger partial charge in [0, 0.05) is 32.4 Å². The lowest BCUT2D eigenvalue weighted by Crippen LogP contribution is -2.36. The average molecular weight is 380 g/mol. The van der Waals surface area contributed by atoms with E-state index in [0.717, 1.165) is 5.69 Å². The minimum atomic E-state index is -0.387. The van der Waals surface area contributed by atoms with Gasteiger partial charge in [0.25, 0.3) is 0 Å². The smallest absolute Gasteiger partial charge is 0.244 e. The number of anilines is 3. The first-order valence-electron chi connectivity index (χ1n) is 7.59. The summed E-state index contributed by atoms with van der Waals surface area (Å²) in [5, 5.41) is 3.34. The fourth-order valence-corrected chi connectivity index (χ4v) is 2.75. The van der Waals surface area contributed by atoms with Gasteiger partial charge in [0.15, 0.2) is 0 Å². The standard InChI is InChI=1S/C18H19Cl2N3O2/c1-12(24)23(14-9-7-13(8-10-14)22(2)3)11-17(25)21-18-15(19)5-4-6-16(18)20/h4-10H,11H2,1-3H3,(H,21,25). The number of halogens is 2. The quantitative estimate of drug-likeness (QED) is 0.852. The number of carbonyl (C=O) groups excluding carboxylic acids is 2. The maximum Gasteiger partial charge on any atom is 0.244 e. The van der Waals surface area contributed by atoms with Crippen LogP contribution in [0, 0.1) is 0 Å². The molecule has 0 radical (unpaired) electrons. The van der Waals surface area contributed by atoms with Crippen LogP contribution in [0.25, 0.3) is 0 Å². The van der Waals surface area contributed by atoms with E-state index in [2.05, 4.69) is 5.32 Å². The highest BCUT2D eigenvalue weighted by Gasteiger charge is 2.17. The number of para-hydroxylation sites is 1. The van der Waals surface area contributed by atoms with Gasteiger partial charge in [0.05, 0.1) is 15.7 Å². The maximum atomic E-state index is 12.3. The van der Waals surface area contributed by atoms with Crippen LogP contribution in [0.5, 0.6) is 0 Å². The van der Waals surface area contributed by atoms with Crippen molar-refractivity contribution < 1.29 is 9.59 Å². The average Bonchev–Trinajstić information content (AvgIpc) is 2.56. The molecule has 0 saturated heterocycles. The molecule has 0 aliphatic rings. The zero-order valence-corrected chi connectivity index (χ0v) is 15.7. The van der Waals surface area contributed by atoms with Crippen LogP contribution in [-0.4, -0.2) is 32.5 Å². The largest absolute Gasteiger partial charge is 0.378 e. The Morgan fingerprint density at radius 1 is 0.960 bits per heavy atom. The minimum absolute atomic E-state index is 0.141. The first kappa shape index (κ1) is 19.1. The second-order valence-corrected chi connectivity index (χ2v) is 6.48. The van der Waals surface area contributed by atoms with Gasteiger partial charge in [0.1, 0.15) is 6.54 Å². The van der Waals surface area contributed by atoms with Crippen LogP contribution in [0.3, 0.4) is 0 Å². The molecule has 7 heteroatoms. The molecule has 1 N–H and O–H groups in total. The predicted molar refractivity (Wildman–Crippen MR) is 104 cm³/mol. The van der Waals surface area contributed by atoms with Crippen LogP contribution in [0.15, 0.2) is 42.5 Å². The summed E-state index contributed by atoms with van der Waals surface area (Å²) in [6, 6.07) is 12.3. The Morgan fingerprint density at radius 3 is 1.96 bits per heavy atom. The fraction of sp³-hybridized carbons (Fsp3) is 0.222. The van der Waals surface area contributed by atoms with E-state index in [-0.39, 0.29) is 18.4 Å². The summed E-state index contributed by atoms with van der Waals surface area (Å²) >= 11 is 12.1. The first-order valence-corrected chi connectivity index (χ1v) is 8.34. The van der Waals surface area contributed by atoms with Crippen molar-refractivity contribution in [2.24, 2.45) is 0 Å². The molecule has 0 fully saturated rings. The molecule has 25 heavy (non-hydrogen) atoms. The molecule has 0 heterocycles. The summed E-state index contributed by atoms with van der Waals surface area (Å²) in [6.07, 6.45) is 0. The van der Waals surface area contributed by atoms with Crippen molar-refractivity contribution in [2.45, 2.75) is 6.92 Å². The van der Waals surface area contributed by atoms with Crippen LogP contribution in [0.1, 0.15) is 6.92 Å². The van der Waals surface area contributed by atoms with Crippen LogP contribution < -0.4 is 15.1 Å². The number of carbonyl (C=O) groups is 2. The van der Waals surface area contributed by atoms with Crippen LogP contribution in [0.4, 0.5) is 17.1 Å². The number of amides is 2. The molecule has 0 bridgehead atoms. The molecule has 2 rings (SSSR count). The van der Waals surface area contributed by atoms with Crippen molar-refractivity contribution >= 4 is 52.1 Å². The van der Waals surface area contributed by atoms with Gasteiger partial charge < -0.3 is 15.1 Å². The Kier molecular flexibility index (Phi) is 6.28. The van der Waals surface area contributed by atoms with Gasteiger partial charge in [-0.3, -0.25) is 9.59 Å². The molecule has 2 aromatic carbocycles. The molecular weight excluding hydrogens is 361 g/mol. The number of benzene rings is 2. The molecule has 2 aromatic rings. The highest BCUT2D eigenvalue weighted by atomic mass is 35.5. The topological polar surface area (TPSA) is 52.7 Å². The van der Waals surface area contributed by atoms with Crippen molar-refractivity contribution in [3.05, 3.63) is 52.5 Å². The van der Waals surface area contributed by atoms with Crippen molar-refractivity contribution in [1.29, 1.82) is 0 Å². The summed E-state index contributed by atoms with van der Waals surface area (Å²) in [6.45, 7) is 1.27. The third-order valence-electron chi connectivity index (χ3n) is 3.59. The third kappa shape index (κ3) is 4.87. The van der Waals surface area contributed by atoms with Gasteiger partial charge in [-0.15, -0.1) is 0 Å². The molecule has 132 valence electrons. The summed E-state index contributed by atoms with van der Waals surface area (Å²) < 4.78 is 0. The molecule has 0 aliphatic heterocycles. The van der Waals surface area contributed by atoms with E-state index in [1.807, 2.05) is 31.1 Å². The summed E-state index contributed by atoms with van der Waals surface area (Å²) in [4.78, 5) is 27.7. The van der Waals surface area contributed by atoms with Crippen molar-refractivity contribution in [2.75, 3.05) is 35.8 Å². The molecule has 5 nitrogen and oxygen atoms in total. The van der Waals surface area contributed by atoms with Crippen molar-refractivity contribution in [3.63, 3.8) is 0 Å². The normalized spacial score (nSPS) is 10.3. The highest BCUT2D eigenvalue weighted by Crippen LogP contribution is 2.29. The zero-order valence-electron chi connectivity index (χ0n) is 14.2. The van der Waals surface area contributed by atoms with Gasteiger partial charge in [-0.2, -0.15) is 0 Å². The Hall–Kier alpha value is -2.24. The van der Waals surface area contributed by atoms with Gasteiger partial charge in [0.2, 0.25) is 11.8 Å². The number of hydrogen-bond acceptors (Lipinski definition) is 3. The van der Waals surface area contributed by atoms with Gasteiger partial charge in [-0.25, -0.2) is 0 Å². The van der Waals surface area contributed by atoms with E-state index in [1.165, 1.54) is 11.8 Å². The third-order valence-corrected chi connectivity index (χ3v) is 4.22.